The van der Waals surface area contributed by atoms with Crippen LogP contribution in [0.15, 0.2) is 24.3 Å². The lowest BCUT2D eigenvalue weighted by Gasteiger charge is -2.27. The monoisotopic (exact) mass is 275 g/mol. The van der Waals surface area contributed by atoms with Crippen molar-refractivity contribution in [1.29, 1.82) is 0 Å². The Bertz CT molecular complexity index is 412. The first kappa shape index (κ1) is 15.3. The van der Waals surface area contributed by atoms with Gasteiger partial charge in [0.15, 0.2) is 0 Å². The summed E-state index contributed by atoms with van der Waals surface area (Å²) in [7, 11) is 0. The minimum atomic E-state index is 0.220. The Kier molecular flexibility index (Phi) is 5.44. The van der Waals surface area contributed by atoms with Crippen LogP contribution in [0, 0.1) is 0 Å². The number of para-hydroxylation sites is 1. The van der Waals surface area contributed by atoms with E-state index in [9.17, 15) is 0 Å². The fourth-order valence-corrected chi connectivity index (χ4v) is 3.34. The summed E-state index contributed by atoms with van der Waals surface area (Å²) >= 11 is 0. The Morgan fingerprint density at radius 3 is 2.65 bits per heavy atom. The van der Waals surface area contributed by atoms with Crippen LogP contribution in [0.1, 0.15) is 32.8 Å². The van der Waals surface area contributed by atoms with Gasteiger partial charge in [0.05, 0.1) is 0 Å². The molecular weight excluding hydrogens is 246 g/mol. The van der Waals surface area contributed by atoms with Crippen LogP contribution in [0.5, 0.6) is 0 Å². The van der Waals surface area contributed by atoms with Gasteiger partial charge in [-0.2, -0.15) is 0 Å². The Hall–Kier alpha value is -1.06. The second-order valence-corrected chi connectivity index (χ2v) is 5.92. The molecule has 3 heteroatoms. The largest absolute Gasteiger partial charge is 0.370 e. The van der Waals surface area contributed by atoms with E-state index < -0.39 is 0 Å². The normalized spacial score (nSPS) is 20.6. The molecule has 2 rings (SSSR count). The standard InChI is InChI=1S/C17H29N3/c1-4-19(5-2)16-10-11-20(13-16)17-9-7-6-8-15(17)12-14(3)18/h6-9,14,16H,4-5,10-13,18H2,1-3H3. The predicted octanol–water partition coefficient (Wildman–Crippen LogP) is 2.50. The maximum atomic E-state index is 5.98. The van der Waals surface area contributed by atoms with E-state index >= 15 is 0 Å². The molecule has 3 nitrogen and oxygen atoms in total. The van der Waals surface area contributed by atoms with E-state index in [-0.39, 0.29) is 6.04 Å². The van der Waals surface area contributed by atoms with E-state index in [2.05, 4.69) is 54.8 Å². The lowest BCUT2D eigenvalue weighted by atomic mass is 10.0. The van der Waals surface area contributed by atoms with Gasteiger partial charge in [0.2, 0.25) is 0 Å². The Morgan fingerprint density at radius 2 is 2.00 bits per heavy atom. The zero-order valence-electron chi connectivity index (χ0n) is 13.2. The van der Waals surface area contributed by atoms with E-state index in [1.54, 1.807) is 0 Å². The smallest absolute Gasteiger partial charge is 0.0399 e. The zero-order chi connectivity index (χ0) is 14.5. The quantitative estimate of drug-likeness (QED) is 0.866. The SMILES string of the molecule is CCN(CC)C1CCN(c2ccccc2CC(C)N)C1. The second-order valence-electron chi connectivity index (χ2n) is 5.92. The van der Waals surface area contributed by atoms with Crippen molar-refractivity contribution in [3.05, 3.63) is 29.8 Å². The molecule has 112 valence electrons. The summed E-state index contributed by atoms with van der Waals surface area (Å²) in [5.74, 6) is 0. The van der Waals surface area contributed by atoms with Crippen LogP contribution < -0.4 is 10.6 Å². The van der Waals surface area contributed by atoms with Crippen molar-refractivity contribution in [2.24, 2.45) is 5.73 Å². The third-order valence-electron chi connectivity index (χ3n) is 4.37. The van der Waals surface area contributed by atoms with Gasteiger partial charge >= 0.3 is 0 Å². The third kappa shape index (κ3) is 3.53. The molecular formula is C17H29N3. The number of nitrogens with zero attached hydrogens (tertiary/aromatic N) is 2. The first-order valence-corrected chi connectivity index (χ1v) is 7.98. The van der Waals surface area contributed by atoms with Crippen LogP contribution in [0.4, 0.5) is 5.69 Å². The van der Waals surface area contributed by atoms with Crippen molar-refractivity contribution in [2.45, 2.75) is 45.7 Å². The summed E-state index contributed by atoms with van der Waals surface area (Å²) in [6.45, 7) is 11.2. The van der Waals surface area contributed by atoms with Gasteiger partial charge in [-0.25, -0.2) is 0 Å². The Balaban J connectivity index is 2.10. The maximum absolute atomic E-state index is 5.98. The fourth-order valence-electron chi connectivity index (χ4n) is 3.34. The van der Waals surface area contributed by atoms with Gasteiger partial charge < -0.3 is 10.6 Å². The number of hydrogen-bond donors (Lipinski definition) is 1. The molecule has 0 saturated carbocycles. The first-order chi connectivity index (χ1) is 9.65. The Labute approximate surface area is 123 Å². The van der Waals surface area contributed by atoms with Gasteiger partial charge in [0, 0.05) is 30.9 Å². The van der Waals surface area contributed by atoms with E-state index in [0.717, 1.165) is 32.6 Å². The summed E-state index contributed by atoms with van der Waals surface area (Å²) in [5.41, 5.74) is 8.76. The van der Waals surface area contributed by atoms with Crippen molar-refractivity contribution in [2.75, 3.05) is 31.1 Å². The summed E-state index contributed by atoms with van der Waals surface area (Å²) in [5, 5.41) is 0. The van der Waals surface area contributed by atoms with Gasteiger partial charge in [-0.05, 0) is 44.5 Å². The highest BCUT2D eigenvalue weighted by atomic mass is 15.3. The molecule has 1 fully saturated rings. The van der Waals surface area contributed by atoms with Crippen LogP contribution in [0.2, 0.25) is 0 Å². The molecule has 1 aliphatic rings. The highest BCUT2D eigenvalue weighted by Crippen LogP contribution is 2.27. The van der Waals surface area contributed by atoms with E-state index in [4.69, 9.17) is 5.73 Å². The number of likely N-dealkylation sites (N-methyl/N-ethyl adjacent to an activating group) is 1. The molecule has 2 atom stereocenters. The summed E-state index contributed by atoms with van der Waals surface area (Å²) in [4.78, 5) is 5.12. The van der Waals surface area contributed by atoms with Gasteiger partial charge in [0.25, 0.3) is 0 Å². The van der Waals surface area contributed by atoms with Gasteiger partial charge in [-0.1, -0.05) is 32.0 Å². The van der Waals surface area contributed by atoms with E-state index in [0.29, 0.717) is 6.04 Å². The maximum Gasteiger partial charge on any atom is 0.0399 e. The minimum absolute atomic E-state index is 0.220. The van der Waals surface area contributed by atoms with Crippen molar-refractivity contribution >= 4 is 5.69 Å². The molecule has 0 spiro atoms. The number of hydrogen-bond acceptors (Lipinski definition) is 3. The summed E-state index contributed by atoms with van der Waals surface area (Å²) in [6, 6.07) is 9.67. The van der Waals surface area contributed by atoms with Crippen LogP contribution >= 0.6 is 0 Å². The lowest BCUT2D eigenvalue weighted by Crippen LogP contribution is -2.37. The third-order valence-corrected chi connectivity index (χ3v) is 4.37. The molecule has 2 N–H and O–H groups in total. The van der Waals surface area contributed by atoms with Crippen molar-refractivity contribution < 1.29 is 0 Å². The van der Waals surface area contributed by atoms with Crippen LogP contribution in [-0.4, -0.2) is 43.2 Å². The van der Waals surface area contributed by atoms with Crippen molar-refractivity contribution in [3.8, 4) is 0 Å². The molecule has 1 aliphatic heterocycles. The van der Waals surface area contributed by atoms with E-state index in [1.807, 2.05) is 0 Å². The summed E-state index contributed by atoms with van der Waals surface area (Å²) in [6.07, 6.45) is 2.23. The average molecular weight is 275 g/mol. The van der Waals surface area contributed by atoms with Gasteiger partial charge in [-0.15, -0.1) is 0 Å². The predicted molar refractivity (Wildman–Crippen MR) is 87.3 cm³/mol. The number of benzene rings is 1. The number of rotatable bonds is 6. The van der Waals surface area contributed by atoms with Crippen LogP contribution in [-0.2, 0) is 6.42 Å². The highest BCUT2D eigenvalue weighted by molar-refractivity contribution is 5.55. The van der Waals surface area contributed by atoms with Crippen molar-refractivity contribution in [1.82, 2.24) is 4.90 Å². The van der Waals surface area contributed by atoms with Crippen LogP contribution in [0.25, 0.3) is 0 Å². The summed E-state index contributed by atoms with van der Waals surface area (Å²) < 4.78 is 0. The Morgan fingerprint density at radius 1 is 1.30 bits per heavy atom. The van der Waals surface area contributed by atoms with E-state index in [1.165, 1.54) is 17.7 Å². The molecule has 0 aliphatic carbocycles. The molecule has 0 aromatic heterocycles. The molecule has 0 amide bonds. The molecule has 0 bridgehead atoms. The molecule has 1 aromatic rings. The lowest BCUT2D eigenvalue weighted by molar-refractivity contribution is 0.232. The first-order valence-electron chi connectivity index (χ1n) is 7.98. The molecule has 0 radical (unpaired) electrons. The zero-order valence-corrected chi connectivity index (χ0v) is 13.2. The molecule has 1 aromatic carbocycles. The number of anilines is 1. The second kappa shape index (κ2) is 7.09. The fraction of sp³-hybridized carbons (Fsp3) is 0.647. The van der Waals surface area contributed by atoms with Gasteiger partial charge in [-0.3, -0.25) is 4.90 Å². The number of nitrogens with two attached hydrogens (primary N) is 1. The average Bonchev–Trinajstić information content (AvgIpc) is 2.89. The minimum Gasteiger partial charge on any atom is -0.370 e. The van der Waals surface area contributed by atoms with Crippen LogP contribution in [0.3, 0.4) is 0 Å². The highest BCUT2D eigenvalue weighted by Gasteiger charge is 2.27. The molecule has 1 saturated heterocycles. The molecule has 1 heterocycles. The van der Waals surface area contributed by atoms with Crippen molar-refractivity contribution in [3.63, 3.8) is 0 Å². The van der Waals surface area contributed by atoms with Gasteiger partial charge in [0.1, 0.15) is 0 Å². The molecule has 2 unspecified atom stereocenters. The molecule has 20 heavy (non-hydrogen) atoms. The topological polar surface area (TPSA) is 32.5 Å².